The van der Waals surface area contributed by atoms with Gasteiger partial charge in [-0.2, -0.15) is 0 Å². The number of aliphatic hydroxyl groups excluding tert-OH is 2. The predicted molar refractivity (Wildman–Crippen MR) is 64.7 cm³/mol. The van der Waals surface area contributed by atoms with Crippen molar-refractivity contribution in [2.75, 3.05) is 18.5 Å². The molecule has 0 heterocycles. The van der Waals surface area contributed by atoms with Crippen molar-refractivity contribution in [1.82, 2.24) is 0 Å². The second-order valence-corrected chi connectivity index (χ2v) is 3.51. The molecule has 0 aliphatic carbocycles. The van der Waals surface area contributed by atoms with Crippen LogP contribution in [0.2, 0.25) is 0 Å². The topological polar surface area (TPSA) is 89.8 Å². The third-order valence-electron chi connectivity index (χ3n) is 2.06. The Balaban J connectivity index is 2.62. The summed E-state index contributed by atoms with van der Waals surface area (Å²) in [5.74, 6) is -1.00. The Hall–Kier alpha value is -1.85. The summed E-state index contributed by atoms with van der Waals surface area (Å²) in [5, 5.41) is 29.2. The highest BCUT2D eigenvalue weighted by Crippen LogP contribution is 2.11. The maximum absolute atomic E-state index is 10.3. The fraction of sp³-hybridized carbons (Fsp3) is 0.250. The van der Waals surface area contributed by atoms with E-state index in [1.54, 1.807) is 24.3 Å². The summed E-state index contributed by atoms with van der Waals surface area (Å²) in [6.45, 7) is -0.0613. The predicted octanol–water partition coefficient (Wildman–Crippen LogP) is 0.549. The summed E-state index contributed by atoms with van der Waals surface area (Å²) in [6, 6.07) is 7.09. The summed E-state index contributed by atoms with van der Waals surface area (Å²) in [5.41, 5.74) is 1.50. The molecule has 1 atom stereocenters. The summed E-state index contributed by atoms with van der Waals surface area (Å²) in [7, 11) is 0. The minimum Gasteiger partial charge on any atom is -0.478 e. The molecule has 0 aliphatic heterocycles. The highest BCUT2D eigenvalue weighted by atomic mass is 16.4. The van der Waals surface area contributed by atoms with E-state index in [0.29, 0.717) is 0 Å². The smallest absolute Gasteiger partial charge is 0.328 e. The lowest BCUT2D eigenvalue weighted by atomic mass is 10.2. The number of carbonyl (C=O) groups is 1. The van der Waals surface area contributed by atoms with E-state index in [0.717, 1.165) is 17.3 Å². The van der Waals surface area contributed by atoms with Crippen molar-refractivity contribution >= 4 is 17.7 Å². The van der Waals surface area contributed by atoms with E-state index in [1.165, 1.54) is 6.08 Å². The van der Waals surface area contributed by atoms with Gasteiger partial charge in [-0.1, -0.05) is 12.1 Å². The van der Waals surface area contributed by atoms with Gasteiger partial charge in [0.2, 0.25) is 0 Å². The summed E-state index contributed by atoms with van der Waals surface area (Å²) in [4.78, 5) is 10.3. The van der Waals surface area contributed by atoms with Crippen LogP contribution in [-0.4, -0.2) is 40.5 Å². The number of benzene rings is 1. The van der Waals surface area contributed by atoms with Gasteiger partial charge in [0, 0.05) is 18.3 Å². The number of rotatable bonds is 6. The molecule has 0 bridgehead atoms. The second-order valence-electron chi connectivity index (χ2n) is 3.51. The SMILES string of the molecule is O=C(O)C=Cc1cccc(NCC(O)CO)c1. The lowest BCUT2D eigenvalue weighted by molar-refractivity contribution is -0.131. The third-order valence-corrected chi connectivity index (χ3v) is 2.06. The minimum absolute atomic E-state index is 0.239. The van der Waals surface area contributed by atoms with E-state index in [-0.39, 0.29) is 13.2 Å². The summed E-state index contributed by atoms with van der Waals surface area (Å²) in [6.07, 6.45) is 1.73. The molecule has 0 aliphatic rings. The van der Waals surface area contributed by atoms with Gasteiger partial charge in [-0.25, -0.2) is 4.79 Å². The molecule has 0 amide bonds. The molecular formula is C12H15NO4. The van der Waals surface area contributed by atoms with Crippen molar-refractivity contribution in [2.24, 2.45) is 0 Å². The van der Waals surface area contributed by atoms with Crippen LogP contribution in [-0.2, 0) is 4.79 Å². The first-order valence-corrected chi connectivity index (χ1v) is 5.15. The van der Waals surface area contributed by atoms with Gasteiger partial charge < -0.3 is 20.6 Å². The average molecular weight is 237 g/mol. The zero-order valence-electron chi connectivity index (χ0n) is 9.21. The van der Waals surface area contributed by atoms with Crippen LogP contribution in [0, 0.1) is 0 Å². The van der Waals surface area contributed by atoms with Crippen molar-refractivity contribution < 1.29 is 20.1 Å². The van der Waals surface area contributed by atoms with Crippen molar-refractivity contribution in [3.63, 3.8) is 0 Å². The second kappa shape index (κ2) is 6.67. The van der Waals surface area contributed by atoms with Crippen LogP contribution in [0.4, 0.5) is 5.69 Å². The zero-order valence-corrected chi connectivity index (χ0v) is 9.21. The Labute approximate surface area is 99.0 Å². The van der Waals surface area contributed by atoms with E-state index in [9.17, 15) is 4.79 Å². The van der Waals surface area contributed by atoms with E-state index in [4.69, 9.17) is 15.3 Å². The molecule has 1 unspecified atom stereocenters. The van der Waals surface area contributed by atoms with Gasteiger partial charge in [0.05, 0.1) is 12.7 Å². The average Bonchev–Trinajstić information content (AvgIpc) is 2.34. The first-order valence-electron chi connectivity index (χ1n) is 5.15. The summed E-state index contributed by atoms with van der Waals surface area (Å²) >= 11 is 0. The number of hydrogen-bond donors (Lipinski definition) is 4. The highest BCUT2D eigenvalue weighted by Gasteiger charge is 2.01. The molecule has 0 saturated carbocycles. The Morgan fingerprint density at radius 3 is 2.88 bits per heavy atom. The number of anilines is 1. The van der Waals surface area contributed by atoms with E-state index >= 15 is 0 Å². The maximum atomic E-state index is 10.3. The molecule has 5 heteroatoms. The van der Waals surface area contributed by atoms with Crippen LogP contribution in [0.3, 0.4) is 0 Å². The Morgan fingerprint density at radius 1 is 1.47 bits per heavy atom. The molecule has 1 rings (SSSR count). The normalized spacial score (nSPS) is 12.6. The third kappa shape index (κ3) is 5.14. The van der Waals surface area contributed by atoms with Crippen LogP contribution in [0.5, 0.6) is 0 Å². The number of aliphatic hydroxyl groups is 2. The van der Waals surface area contributed by atoms with Gasteiger partial charge >= 0.3 is 5.97 Å². The first-order chi connectivity index (χ1) is 8.11. The minimum atomic E-state index is -1.00. The molecule has 0 radical (unpaired) electrons. The summed E-state index contributed by atoms with van der Waals surface area (Å²) < 4.78 is 0. The fourth-order valence-corrected chi connectivity index (χ4v) is 1.22. The molecule has 5 nitrogen and oxygen atoms in total. The molecular weight excluding hydrogens is 222 g/mol. The Kier molecular flexibility index (Phi) is 5.19. The zero-order chi connectivity index (χ0) is 12.7. The van der Waals surface area contributed by atoms with Gasteiger partial charge in [0.25, 0.3) is 0 Å². The molecule has 0 fully saturated rings. The molecule has 4 N–H and O–H groups in total. The molecule has 17 heavy (non-hydrogen) atoms. The molecule has 92 valence electrons. The van der Waals surface area contributed by atoms with Crippen molar-refractivity contribution in [1.29, 1.82) is 0 Å². The van der Waals surface area contributed by atoms with Gasteiger partial charge in [-0.05, 0) is 23.8 Å². The van der Waals surface area contributed by atoms with Crippen molar-refractivity contribution in [2.45, 2.75) is 6.10 Å². The van der Waals surface area contributed by atoms with Gasteiger partial charge in [-0.3, -0.25) is 0 Å². The maximum Gasteiger partial charge on any atom is 0.328 e. The standard InChI is InChI=1S/C12H15NO4/c14-8-11(15)7-13-10-3-1-2-9(6-10)4-5-12(16)17/h1-6,11,13-15H,7-8H2,(H,16,17). The first kappa shape index (κ1) is 13.2. The number of nitrogens with one attached hydrogen (secondary N) is 1. The van der Waals surface area contributed by atoms with Crippen LogP contribution >= 0.6 is 0 Å². The van der Waals surface area contributed by atoms with Gasteiger partial charge in [-0.15, -0.1) is 0 Å². The van der Waals surface area contributed by atoms with Gasteiger partial charge in [0.15, 0.2) is 0 Å². The molecule has 0 saturated heterocycles. The Morgan fingerprint density at radius 2 is 2.24 bits per heavy atom. The quantitative estimate of drug-likeness (QED) is 0.542. The Bertz CT molecular complexity index is 403. The molecule has 0 spiro atoms. The monoisotopic (exact) mass is 237 g/mol. The van der Waals surface area contributed by atoms with Crippen LogP contribution in [0.15, 0.2) is 30.3 Å². The lowest BCUT2D eigenvalue weighted by Gasteiger charge is -2.10. The van der Waals surface area contributed by atoms with Crippen LogP contribution in [0.1, 0.15) is 5.56 Å². The van der Waals surface area contributed by atoms with Crippen molar-refractivity contribution in [3.8, 4) is 0 Å². The fourth-order valence-electron chi connectivity index (χ4n) is 1.22. The molecule has 0 aromatic heterocycles. The van der Waals surface area contributed by atoms with E-state index in [1.807, 2.05) is 0 Å². The molecule has 1 aromatic carbocycles. The number of aliphatic carboxylic acids is 1. The van der Waals surface area contributed by atoms with Crippen LogP contribution < -0.4 is 5.32 Å². The van der Waals surface area contributed by atoms with E-state index < -0.39 is 12.1 Å². The molecule has 1 aromatic rings. The number of carboxylic acids is 1. The number of hydrogen-bond acceptors (Lipinski definition) is 4. The largest absolute Gasteiger partial charge is 0.478 e. The lowest BCUT2D eigenvalue weighted by Crippen LogP contribution is -2.22. The van der Waals surface area contributed by atoms with E-state index in [2.05, 4.69) is 5.32 Å². The number of carboxylic acid groups (broad SMARTS) is 1. The highest BCUT2D eigenvalue weighted by molar-refractivity contribution is 5.85. The van der Waals surface area contributed by atoms with Gasteiger partial charge in [0.1, 0.15) is 0 Å². The van der Waals surface area contributed by atoms with Crippen LogP contribution in [0.25, 0.3) is 6.08 Å². The van der Waals surface area contributed by atoms with Crippen molar-refractivity contribution in [3.05, 3.63) is 35.9 Å².